The maximum atomic E-state index is 10.6. The lowest BCUT2D eigenvalue weighted by molar-refractivity contribution is -0.193. The summed E-state index contributed by atoms with van der Waals surface area (Å²) in [6, 6.07) is 4.05. The zero-order chi connectivity index (χ0) is 29.1. The van der Waals surface area contributed by atoms with Gasteiger partial charge < -0.3 is 24.6 Å². The van der Waals surface area contributed by atoms with Gasteiger partial charge in [-0.25, -0.2) is 9.59 Å². The molecule has 1 spiro atoms. The van der Waals surface area contributed by atoms with Crippen molar-refractivity contribution < 1.29 is 55.6 Å². The lowest BCUT2D eigenvalue weighted by Crippen LogP contribution is -2.49. The van der Waals surface area contributed by atoms with Crippen molar-refractivity contribution in [1.29, 1.82) is 0 Å². The minimum absolute atomic E-state index is 0.149. The number of halogens is 6. The number of hydrogen-bond donors (Lipinski definition) is 2. The summed E-state index contributed by atoms with van der Waals surface area (Å²) in [7, 11) is 0. The molecule has 3 heterocycles. The molecule has 2 aliphatic heterocycles. The van der Waals surface area contributed by atoms with Crippen LogP contribution in [0, 0.1) is 11.8 Å². The van der Waals surface area contributed by atoms with Crippen LogP contribution in [0.3, 0.4) is 0 Å². The number of piperidine rings is 1. The molecular formula is C25H34F6N2O6. The summed E-state index contributed by atoms with van der Waals surface area (Å²) in [6.07, 6.45) is 2.63. The summed E-state index contributed by atoms with van der Waals surface area (Å²) < 4.78 is 75.7. The Bertz CT molecular complexity index is 863. The maximum Gasteiger partial charge on any atom is 0.490 e. The molecule has 0 radical (unpaired) electrons. The van der Waals surface area contributed by atoms with E-state index in [1.165, 1.54) is 63.7 Å². The first-order valence-corrected chi connectivity index (χ1v) is 12.7. The molecule has 3 fully saturated rings. The molecular weight excluding hydrogens is 538 g/mol. The average molecular weight is 573 g/mol. The van der Waals surface area contributed by atoms with Gasteiger partial charge in [-0.1, -0.05) is 6.42 Å². The highest BCUT2D eigenvalue weighted by molar-refractivity contribution is 5.73. The van der Waals surface area contributed by atoms with E-state index in [-0.39, 0.29) is 5.60 Å². The molecule has 2 saturated heterocycles. The summed E-state index contributed by atoms with van der Waals surface area (Å²) in [5, 5.41) is 14.2. The van der Waals surface area contributed by atoms with Gasteiger partial charge in [0.1, 0.15) is 0 Å². The predicted octanol–water partition coefficient (Wildman–Crippen LogP) is 4.93. The van der Waals surface area contributed by atoms with E-state index in [2.05, 4.69) is 9.88 Å². The fraction of sp³-hybridized carbons (Fsp3) is 0.720. The van der Waals surface area contributed by atoms with Crippen LogP contribution < -0.4 is 0 Å². The van der Waals surface area contributed by atoms with Crippen molar-refractivity contribution in [3.8, 4) is 0 Å². The minimum Gasteiger partial charge on any atom is -0.475 e. The summed E-state index contributed by atoms with van der Waals surface area (Å²) in [5.74, 6) is -3.85. The Labute approximate surface area is 222 Å². The molecule has 222 valence electrons. The lowest BCUT2D eigenvalue weighted by Gasteiger charge is -2.44. The minimum atomic E-state index is -5.08. The maximum absolute atomic E-state index is 10.6. The van der Waals surface area contributed by atoms with Gasteiger partial charge in [-0.2, -0.15) is 26.3 Å². The SMILES string of the molecule is O=C(O)C(F)(F)F.O=C(O)C(F)(F)F.c1cc(COCCC2CCOC23CCN(CC2CCC2)CC3)ccn1. The molecule has 1 saturated carbocycles. The lowest BCUT2D eigenvalue weighted by atomic mass is 9.77. The normalized spacial score (nSPS) is 21.2. The highest BCUT2D eigenvalue weighted by Gasteiger charge is 2.46. The van der Waals surface area contributed by atoms with E-state index in [9.17, 15) is 26.3 Å². The molecule has 1 atom stereocenters. The molecule has 1 aromatic heterocycles. The fourth-order valence-electron chi connectivity index (χ4n) is 4.79. The number of carbonyl (C=O) groups is 2. The number of carboxylic acid groups (broad SMARTS) is 2. The van der Waals surface area contributed by atoms with Crippen LogP contribution in [-0.4, -0.2) is 82.8 Å². The van der Waals surface area contributed by atoms with Gasteiger partial charge >= 0.3 is 24.3 Å². The Morgan fingerprint density at radius 3 is 2.00 bits per heavy atom. The van der Waals surface area contributed by atoms with Crippen molar-refractivity contribution in [3.63, 3.8) is 0 Å². The van der Waals surface area contributed by atoms with Gasteiger partial charge in [0.05, 0.1) is 12.2 Å². The van der Waals surface area contributed by atoms with E-state index >= 15 is 0 Å². The van der Waals surface area contributed by atoms with Crippen molar-refractivity contribution in [1.82, 2.24) is 9.88 Å². The first kappa shape index (κ1) is 32.8. The van der Waals surface area contributed by atoms with E-state index in [1.54, 1.807) is 0 Å². The second-order valence-electron chi connectivity index (χ2n) is 9.80. The monoisotopic (exact) mass is 572 g/mol. The molecule has 1 aromatic rings. The molecule has 0 amide bonds. The number of alkyl halides is 6. The third kappa shape index (κ3) is 11.3. The number of nitrogens with zero attached hydrogens (tertiary/aromatic N) is 2. The second kappa shape index (κ2) is 14.8. The van der Waals surface area contributed by atoms with Gasteiger partial charge in [-0.3, -0.25) is 4.98 Å². The van der Waals surface area contributed by atoms with Crippen LogP contribution in [0.1, 0.15) is 50.5 Å². The molecule has 0 bridgehead atoms. The Hall–Kier alpha value is -2.45. The highest BCUT2D eigenvalue weighted by atomic mass is 19.4. The smallest absolute Gasteiger partial charge is 0.475 e. The molecule has 3 aliphatic rings. The number of pyridine rings is 1. The Morgan fingerprint density at radius 2 is 1.54 bits per heavy atom. The summed E-state index contributed by atoms with van der Waals surface area (Å²) in [5.41, 5.74) is 1.35. The van der Waals surface area contributed by atoms with Crippen LogP contribution in [0.15, 0.2) is 24.5 Å². The Balaban J connectivity index is 0.000000317. The number of carboxylic acids is 2. The standard InChI is InChI=1S/C21H32N2O2.2C2HF3O2/c1-2-18(3-1)16-23-12-8-21(9-13-23)20(7-15-25-21)6-14-24-17-19-4-10-22-11-5-19;2*3-2(4,5)1(6)7/h4-5,10-11,18,20H,1-3,6-9,12-17H2;2*(H,6,7). The van der Waals surface area contributed by atoms with Gasteiger partial charge in [0.15, 0.2) is 0 Å². The summed E-state index contributed by atoms with van der Waals surface area (Å²) >= 11 is 0. The number of hydrogen-bond acceptors (Lipinski definition) is 6. The number of aliphatic carboxylic acids is 2. The zero-order valence-corrected chi connectivity index (χ0v) is 21.3. The van der Waals surface area contributed by atoms with Crippen molar-refractivity contribution >= 4 is 11.9 Å². The van der Waals surface area contributed by atoms with Crippen molar-refractivity contribution in [2.45, 2.75) is 69.5 Å². The molecule has 39 heavy (non-hydrogen) atoms. The molecule has 2 N–H and O–H groups in total. The third-order valence-corrected chi connectivity index (χ3v) is 7.16. The number of ether oxygens (including phenoxy) is 2. The Kier molecular flexibility index (Phi) is 12.4. The topological polar surface area (TPSA) is 109 Å². The fourth-order valence-corrected chi connectivity index (χ4v) is 4.79. The average Bonchev–Trinajstić information content (AvgIpc) is 3.22. The van der Waals surface area contributed by atoms with E-state index in [4.69, 9.17) is 29.3 Å². The van der Waals surface area contributed by atoms with Crippen molar-refractivity contribution in [2.75, 3.05) is 32.8 Å². The predicted molar refractivity (Wildman–Crippen MR) is 126 cm³/mol. The van der Waals surface area contributed by atoms with Gasteiger partial charge in [0.2, 0.25) is 0 Å². The zero-order valence-electron chi connectivity index (χ0n) is 21.3. The number of likely N-dealkylation sites (tertiary alicyclic amines) is 1. The van der Waals surface area contributed by atoms with E-state index < -0.39 is 24.3 Å². The van der Waals surface area contributed by atoms with Crippen LogP contribution in [0.25, 0.3) is 0 Å². The van der Waals surface area contributed by atoms with E-state index in [1.807, 2.05) is 24.5 Å². The first-order chi connectivity index (χ1) is 18.2. The highest BCUT2D eigenvalue weighted by Crippen LogP contribution is 2.43. The van der Waals surface area contributed by atoms with Crippen molar-refractivity contribution in [2.24, 2.45) is 11.8 Å². The first-order valence-electron chi connectivity index (χ1n) is 12.7. The van der Waals surface area contributed by atoms with Gasteiger partial charge in [0, 0.05) is 45.2 Å². The summed E-state index contributed by atoms with van der Waals surface area (Å²) in [6.45, 7) is 6.26. The Morgan fingerprint density at radius 1 is 1.00 bits per heavy atom. The molecule has 8 nitrogen and oxygen atoms in total. The number of aromatic nitrogens is 1. The third-order valence-electron chi connectivity index (χ3n) is 7.16. The van der Waals surface area contributed by atoms with Gasteiger partial charge in [-0.05, 0) is 68.1 Å². The second-order valence-corrected chi connectivity index (χ2v) is 9.80. The van der Waals surface area contributed by atoms with Crippen LogP contribution >= 0.6 is 0 Å². The largest absolute Gasteiger partial charge is 0.490 e. The van der Waals surface area contributed by atoms with Gasteiger partial charge in [-0.15, -0.1) is 0 Å². The van der Waals surface area contributed by atoms with Gasteiger partial charge in [0.25, 0.3) is 0 Å². The van der Waals surface area contributed by atoms with Crippen molar-refractivity contribution in [3.05, 3.63) is 30.1 Å². The van der Waals surface area contributed by atoms with Crippen LogP contribution in [-0.2, 0) is 25.7 Å². The van der Waals surface area contributed by atoms with Crippen LogP contribution in [0.5, 0.6) is 0 Å². The molecule has 1 aliphatic carbocycles. The summed E-state index contributed by atoms with van der Waals surface area (Å²) in [4.78, 5) is 24.5. The molecule has 4 rings (SSSR count). The van der Waals surface area contributed by atoms with Crippen LogP contribution in [0.2, 0.25) is 0 Å². The number of rotatable bonds is 7. The van der Waals surface area contributed by atoms with E-state index in [0.29, 0.717) is 12.5 Å². The molecule has 0 aromatic carbocycles. The molecule has 1 unspecified atom stereocenters. The quantitative estimate of drug-likeness (QED) is 0.350. The van der Waals surface area contributed by atoms with E-state index in [0.717, 1.165) is 25.6 Å². The van der Waals surface area contributed by atoms with Crippen LogP contribution in [0.4, 0.5) is 26.3 Å². The molecule has 14 heteroatoms.